The number of benzene rings is 2. The summed E-state index contributed by atoms with van der Waals surface area (Å²) in [4.78, 5) is 49.8. The van der Waals surface area contributed by atoms with Crippen LogP contribution in [0, 0.1) is 0 Å². The monoisotopic (exact) mass is 393 g/mol. The van der Waals surface area contributed by atoms with Gasteiger partial charge >= 0.3 is 5.97 Å². The third kappa shape index (κ3) is 3.80. The molecule has 0 bridgehead atoms. The highest BCUT2D eigenvalue weighted by molar-refractivity contribution is 6.22. The minimum Gasteiger partial charge on any atom is -0.496 e. The highest BCUT2D eigenvalue weighted by Gasteiger charge is 2.35. The number of carbonyl (C=O) groups excluding carboxylic acids is 4. The van der Waals surface area contributed by atoms with Gasteiger partial charge in [0.2, 0.25) is 0 Å². The molecule has 0 N–H and O–H groups in total. The Morgan fingerprint density at radius 2 is 1.72 bits per heavy atom. The number of amides is 2. The van der Waals surface area contributed by atoms with E-state index in [2.05, 4.69) is 6.58 Å². The first-order valence-corrected chi connectivity index (χ1v) is 8.83. The minimum absolute atomic E-state index is 0.0956. The maximum atomic E-state index is 12.5. The lowest BCUT2D eigenvalue weighted by atomic mass is 10.1. The number of ketones is 1. The SMILES string of the molecule is C=CCN1C(=O)c2ccc(C(=O)OCc3cc(C(C)=O)ccc3OC)cc2C1=O. The number of hydrogen-bond acceptors (Lipinski definition) is 6. The average Bonchev–Trinajstić information content (AvgIpc) is 2.96. The zero-order valence-corrected chi connectivity index (χ0v) is 16.1. The van der Waals surface area contributed by atoms with Crippen molar-refractivity contribution in [1.29, 1.82) is 0 Å². The number of fused-ring (bicyclic) bond motifs is 1. The zero-order chi connectivity index (χ0) is 21.1. The molecule has 3 rings (SSSR count). The molecule has 2 amide bonds. The molecule has 2 aromatic carbocycles. The van der Waals surface area contributed by atoms with Gasteiger partial charge in [-0.2, -0.15) is 0 Å². The predicted octanol–water partition coefficient (Wildman–Crippen LogP) is 3.04. The van der Waals surface area contributed by atoms with Gasteiger partial charge in [0, 0.05) is 17.7 Å². The Morgan fingerprint density at radius 1 is 1.03 bits per heavy atom. The summed E-state index contributed by atoms with van der Waals surface area (Å²) in [5, 5.41) is 0. The van der Waals surface area contributed by atoms with Gasteiger partial charge in [0.25, 0.3) is 11.8 Å². The fourth-order valence-corrected chi connectivity index (χ4v) is 3.05. The molecular formula is C22H19NO6. The van der Waals surface area contributed by atoms with Crippen molar-refractivity contribution in [3.05, 3.63) is 76.9 Å². The number of nitrogens with zero attached hydrogens (tertiary/aromatic N) is 1. The summed E-state index contributed by atoms with van der Waals surface area (Å²) in [6, 6.07) is 9.09. The Hall–Kier alpha value is -3.74. The molecule has 0 atom stereocenters. The van der Waals surface area contributed by atoms with Crippen molar-refractivity contribution in [2.75, 3.05) is 13.7 Å². The van der Waals surface area contributed by atoms with Crippen LogP contribution in [0.2, 0.25) is 0 Å². The normalized spacial score (nSPS) is 12.6. The fourth-order valence-electron chi connectivity index (χ4n) is 3.05. The number of Topliss-reactive ketones (excluding diaryl/α,β-unsaturated/α-hetero) is 1. The van der Waals surface area contributed by atoms with Crippen LogP contribution >= 0.6 is 0 Å². The minimum atomic E-state index is -0.662. The van der Waals surface area contributed by atoms with Crippen LogP contribution in [0.3, 0.4) is 0 Å². The van der Waals surface area contributed by atoms with Gasteiger partial charge in [-0.25, -0.2) is 4.79 Å². The molecule has 148 valence electrons. The van der Waals surface area contributed by atoms with Gasteiger partial charge in [0.05, 0.1) is 23.8 Å². The zero-order valence-electron chi connectivity index (χ0n) is 16.1. The number of ether oxygens (including phenoxy) is 2. The molecule has 0 saturated carbocycles. The number of carbonyl (C=O) groups is 4. The molecule has 0 aliphatic carbocycles. The number of methoxy groups -OCH3 is 1. The fraction of sp³-hybridized carbons (Fsp3) is 0.182. The number of rotatable bonds is 7. The number of esters is 1. The van der Waals surface area contributed by atoms with Crippen LogP contribution < -0.4 is 4.74 Å². The first-order chi connectivity index (χ1) is 13.9. The standard InChI is InChI=1S/C22H19NO6/c1-4-9-23-20(25)17-7-5-15(11-18(17)21(23)26)22(27)29-12-16-10-14(13(2)24)6-8-19(16)28-3/h4-8,10-11H,1,9,12H2,2-3H3. The quantitative estimate of drug-likeness (QED) is 0.311. The molecule has 1 heterocycles. The second-order valence-corrected chi connectivity index (χ2v) is 6.43. The van der Waals surface area contributed by atoms with Gasteiger partial charge in [0.1, 0.15) is 12.4 Å². The highest BCUT2D eigenvalue weighted by Crippen LogP contribution is 2.25. The van der Waals surface area contributed by atoms with Crippen LogP contribution in [0.5, 0.6) is 5.75 Å². The van der Waals surface area contributed by atoms with E-state index in [9.17, 15) is 19.2 Å². The van der Waals surface area contributed by atoms with Crippen molar-refractivity contribution in [2.24, 2.45) is 0 Å². The van der Waals surface area contributed by atoms with Crippen molar-refractivity contribution in [3.8, 4) is 5.75 Å². The molecule has 7 heteroatoms. The van der Waals surface area contributed by atoms with Crippen LogP contribution in [0.1, 0.15) is 53.9 Å². The lowest BCUT2D eigenvalue weighted by Gasteiger charge is -2.11. The molecule has 0 unspecified atom stereocenters. The van der Waals surface area contributed by atoms with Crippen molar-refractivity contribution in [1.82, 2.24) is 4.90 Å². The lowest BCUT2D eigenvalue weighted by molar-refractivity contribution is 0.0469. The van der Waals surface area contributed by atoms with E-state index in [0.717, 1.165) is 4.90 Å². The van der Waals surface area contributed by atoms with Crippen LogP contribution in [-0.2, 0) is 11.3 Å². The maximum absolute atomic E-state index is 12.5. The first-order valence-electron chi connectivity index (χ1n) is 8.83. The lowest BCUT2D eigenvalue weighted by Crippen LogP contribution is -2.29. The van der Waals surface area contributed by atoms with Gasteiger partial charge in [0.15, 0.2) is 5.78 Å². The predicted molar refractivity (Wildman–Crippen MR) is 104 cm³/mol. The molecule has 29 heavy (non-hydrogen) atoms. The Labute approximate surface area is 167 Å². The van der Waals surface area contributed by atoms with E-state index in [0.29, 0.717) is 16.9 Å². The summed E-state index contributed by atoms with van der Waals surface area (Å²) >= 11 is 0. The molecule has 0 spiro atoms. The van der Waals surface area contributed by atoms with Crippen molar-refractivity contribution in [3.63, 3.8) is 0 Å². The van der Waals surface area contributed by atoms with Crippen LogP contribution in [0.25, 0.3) is 0 Å². The van der Waals surface area contributed by atoms with Gasteiger partial charge in [-0.1, -0.05) is 6.08 Å². The van der Waals surface area contributed by atoms with E-state index in [1.807, 2.05) is 0 Å². The molecule has 2 aromatic rings. The Balaban J connectivity index is 1.79. The average molecular weight is 393 g/mol. The molecule has 1 aliphatic heterocycles. The highest BCUT2D eigenvalue weighted by atomic mass is 16.5. The Morgan fingerprint density at radius 3 is 2.38 bits per heavy atom. The maximum Gasteiger partial charge on any atom is 0.338 e. The molecule has 0 aromatic heterocycles. The Kier molecular flexibility index (Phi) is 5.59. The first kappa shape index (κ1) is 20.0. The van der Waals surface area contributed by atoms with Gasteiger partial charge in [-0.3, -0.25) is 19.3 Å². The number of imide groups is 1. The van der Waals surface area contributed by atoms with E-state index in [1.165, 1.54) is 38.3 Å². The van der Waals surface area contributed by atoms with Gasteiger partial charge in [-0.05, 0) is 43.3 Å². The molecule has 0 radical (unpaired) electrons. The van der Waals surface area contributed by atoms with E-state index >= 15 is 0 Å². The van der Waals surface area contributed by atoms with Crippen molar-refractivity contribution < 1.29 is 28.7 Å². The molecule has 7 nitrogen and oxygen atoms in total. The van der Waals surface area contributed by atoms with Crippen molar-refractivity contribution in [2.45, 2.75) is 13.5 Å². The van der Waals surface area contributed by atoms with Crippen LogP contribution in [0.15, 0.2) is 49.1 Å². The van der Waals surface area contributed by atoms with E-state index in [-0.39, 0.29) is 35.6 Å². The Bertz CT molecular complexity index is 1040. The largest absolute Gasteiger partial charge is 0.496 e. The summed E-state index contributed by atoms with van der Waals surface area (Å²) in [6.45, 7) is 4.96. The third-order valence-corrected chi connectivity index (χ3v) is 4.56. The number of hydrogen-bond donors (Lipinski definition) is 0. The van der Waals surface area contributed by atoms with Crippen molar-refractivity contribution >= 4 is 23.6 Å². The molecule has 0 saturated heterocycles. The van der Waals surface area contributed by atoms with E-state index in [1.54, 1.807) is 18.2 Å². The smallest absolute Gasteiger partial charge is 0.338 e. The topological polar surface area (TPSA) is 90.0 Å². The molecule has 0 fully saturated rings. The van der Waals surface area contributed by atoms with Gasteiger partial charge < -0.3 is 9.47 Å². The second kappa shape index (κ2) is 8.10. The summed E-state index contributed by atoms with van der Waals surface area (Å²) < 4.78 is 10.6. The summed E-state index contributed by atoms with van der Waals surface area (Å²) in [5.74, 6) is -1.19. The third-order valence-electron chi connectivity index (χ3n) is 4.56. The van der Waals surface area contributed by atoms with Gasteiger partial charge in [-0.15, -0.1) is 6.58 Å². The molecule has 1 aliphatic rings. The van der Waals surface area contributed by atoms with Crippen LogP contribution in [-0.4, -0.2) is 42.1 Å². The second-order valence-electron chi connectivity index (χ2n) is 6.43. The summed E-state index contributed by atoms with van der Waals surface area (Å²) in [5.41, 5.74) is 1.55. The summed E-state index contributed by atoms with van der Waals surface area (Å²) in [6.07, 6.45) is 1.46. The molecular weight excluding hydrogens is 374 g/mol. The van der Waals surface area contributed by atoms with Crippen LogP contribution in [0.4, 0.5) is 0 Å². The van der Waals surface area contributed by atoms with E-state index < -0.39 is 17.8 Å². The van der Waals surface area contributed by atoms with E-state index in [4.69, 9.17) is 9.47 Å². The summed E-state index contributed by atoms with van der Waals surface area (Å²) in [7, 11) is 1.48.